The number of amides is 2. The van der Waals surface area contributed by atoms with Crippen LogP contribution in [-0.4, -0.2) is 87.9 Å². The summed E-state index contributed by atoms with van der Waals surface area (Å²) in [7, 11) is 7.85. The fraction of sp³-hybridized carbons (Fsp3) is 0.408. The van der Waals surface area contributed by atoms with E-state index in [2.05, 4.69) is 9.84 Å². The maximum atomic E-state index is 13.2. The lowest BCUT2D eigenvalue weighted by molar-refractivity contribution is -0.140. The summed E-state index contributed by atoms with van der Waals surface area (Å²) in [5.41, 5.74) is 7.01. The Morgan fingerprint density at radius 2 is 0.934 bits per heavy atom. The zero-order valence-corrected chi connectivity index (χ0v) is 36.5. The summed E-state index contributed by atoms with van der Waals surface area (Å²) < 4.78 is 26.5. The van der Waals surface area contributed by atoms with Crippen LogP contribution < -0.4 is 18.9 Å². The molecule has 61 heavy (non-hydrogen) atoms. The van der Waals surface area contributed by atoms with Crippen LogP contribution in [0.15, 0.2) is 95.1 Å². The third-order valence-electron chi connectivity index (χ3n) is 10.8. The summed E-state index contributed by atoms with van der Waals surface area (Å²) in [6, 6.07) is 27.4. The van der Waals surface area contributed by atoms with E-state index in [9.17, 15) is 14.4 Å². The number of hydrogen-bond acceptors (Lipinski definition) is 10. The molecule has 0 aliphatic carbocycles. The fourth-order valence-corrected chi connectivity index (χ4v) is 7.46. The zero-order chi connectivity index (χ0) is 43.6. The average molecular weight is 833 g/mol. The molecule has 12 nitrogen and oxygen atoms in total. The Kier molecular flexibility index (Phi) is 17.7. The molecule has 324 valence electrons. The molecule has 2 amide bonds. The minimum atomic E-state index is -0.119. The Bertz CT molecular complexity index is 2140. The van der Waals surface area contributed by atoms with E-state index < -0.39 is 0 Å². The van der Waals surface area contributed by atoms with E-state index in [1.54, 1.807) is 33.4 Å². The molecule has 2 aliphatic rings. The largest absolute Gasteiger partial charge is 0.493 e. The van der Waals surface area contributed by atoms with Crippen molar-refractivity contribution in [1.29, 1.82) is 0 Å². The van der Waals surface area contributed by atoms with Crippen molar-refractivity contribution in [1.82, 2.24) is 10.0 Å². The van der Waals surface area contributed by atoms with Crippen molar-refractivity contribution in [3.63, 3.8) is 0 Å². The molecule has 0 unspecified atom stereocenters. The van der Waals surface area contributed by atoms with Crippen LogP contribution in [0.4, 0.5) is 0 Å². The van der Waals surface area contributed by atoms with Gasteiger partial charge in [0.2, 0.25) is 11.8 Å². The van der Waals surface area contributed by atoms with E-state index in [0.29, 0.717) is 42.5 Å². The van der Waals surface area contributed by atoms with Crippen molar-refractivity contribution >= 4 is 29.2 Å². The van der Waals surface area contributed by atoms with Crippen molar-refractivity contribution < 1.29 is 38.1 Å². The van der Waals surface area contributed by atoms with Gasteiger partial charge in [-0.15, -0.1) is 0 Å². The lowest BCUT2D eigenvalue weighted by Crippen LogP contribution is -2.28. The van der Waals surface area contributed by atoms with E-state index in [4.69, 9.17) is 24.0 Å². The second-order valence-electron chi connectivity index (χ2n) is 14.8. The Hall–Kier alpha value is -6.17. The Morgan fingerprint density at radius 3 is 1.36 bits per heavy atom. The molecule has 2 aliphatic heterocycles. The first kappa shape index (κ1) is 45.9. The highest BCUT2D eigenvalue weighted by Gasteiger charge is 2.27. The molecule has 0 aromatic heterocycles. The van der Waals surface area contributed by atoms with Crippen LogP contribution >= 0.6 is 0 Å². The van der Waals surface area contributed by atoms with Gasteiger partial charge in [-0.05, 0) is 55.2 Å². The number of carbonyl (C=O) groups is 3. The third kappa shape index (κ3) is 12.4. The minimum absolute atomic E-state index is 0.00800. The number of benzene rings is 4. The van der Waals surface area contributed by atoms with Crippen molar-refractivity contribution in [3.8, 4) is 23.0 Å². The van der Waals surface area contributed by atoms with E-state index in [0.717, 1.165) is 83.3 Å². The first-order chi connectivity index (χ1) is 29.7. The smallest absolute Gasteiger partial charge is 0.305 e. The highest BCUT2D eigenvalue weighted by molar-refractivity contribution is 6.16. The van der Waals surface area contributed by atoms with Gasteiger partial charge in [0, 0.05) is 41.8 Å². The number of ether oxygens (including phenoxy) is 5. The number of likely N-dealkylation sites (N-methyl/N-ethyl adjacent to an activating group) is 1. The summed E-state index contributed by atoms with van der Waals surface area (Å²) in [6.45, 7) is 3.05. The number of carbonyl (C=O) groups excluding carboxylic acids is 3. The van der Waals surface area contributed by atoms with Crippen LogP contribution in [-0.2, 0) is 32.0 Å². The van der Waals surface area contributed by atoms with Crippen molar-refractivity contribution in [2.24, 2.45) is 10.2 Å². The molecule has 4 aromatic carbocycles. The normalized spacial score (nSPS) is 13.3. The predicted octanol–water partition coefficient (Wildman–Crippen LogP) is 8.78. The van der Waals surface area contributed by atoms with Crippen molar-refractivity contribution in [3.05, 3.63) is 118 Å². The molecular weight excluding hydrogens is 773 g/mol. The molecule has 0 saturated carbocycles. The van der Waals surface area contributed by atoms with Gasteiger partial charge in [0.1, 0.15) is 0 Å². The van der Waals surface area contributed by atoms with Crippen LogP contribution in [0, 0.1) is 0 Å². The molecule has 0 bridgehead atoms. The Balaban J connectivity index is 0.000000252. The molecule has 0 saturated heterocycles. The Morgan fingerprint density at radius 1 is 0.541 bits per heavy atom. The van der Waals surface area contributed by atoms with Gasteiger partial charge in [-0.2, -0.15) is 10.2 Å². The molecule has 0 fully saturated rings. The molecule has 0 radical (unpaired) electrons. The first-order valence-corrected chi connectivity index (χ1v) is 21.2. The van der Waals surface area contributed by atoms with Crippen LogP contribution in [0.1, 0.15) is 105 Å². The summed E-state index contributed by atoms with van der Waals surface area (Å²) in [5, 5.41) is 12.6. The summed E-state index contributed by atoms with van der Waals surface area (Å²) >= 11 is 0. The Labute approximate surface area is 360 Å². The van der Waals surface area contributed by atoms with Crippen LogP contribution in [0.25, 0.3) is 0 Å². The number of unbranched alkanes of at least 4 members (excludes halogenated alkanes) is 8. The van der Waals surface area contributed by atoms with E-state index >= 15 is 0 Å². The lowest BCUT2D eigenvalue weighted by atomic mass is 9.95. The van der Waals surface area contributed by atoms with Crippen LogP contribution in [0.2, 0.25) is 0 Å². The van der Waals surface area contributed by atoms with Crippen molar-refractivity contribution in [2.75, 3.05) is 48.6 Å². The molecule has 6 rings (SSSR count). The van der Waals surface area contributed by atoms with Gasteiger partial charge < -0.3 is 23.7 Å². The number of fused-ring (bicyclic) bond motifs is 2. The SMILES string of the molecule is CCN1N=C(c2ccccc2)c2cc(OC)c(OC)cc2CC1=O.COC(=O)CCCCCCCCCCCN1N=C(c2ccccc2)c2cc(OC)c(OC)cc2CC1=O. The predicted molar refractivity (Wildman–Crippen MR) is 238 cm³/mol. The molecule has 0 spiro atoms. The number of esters is 1. The van der Waals surface area contributed by atoms with Gasteiger partial charge in [-0.3, -0.25) is 14.4 Å². The van der Waals surface area contributed by atoms with Crippen LogP contribution in [0.3, 0.4) is 0 Å². The van der Waals surface area contributed by atoms with E-state index in [1.807, 2.05) is 91.9 Å². The maximum Gasteiger partial charge on any atom is 0.305 e. The van der Waals surface area contributed by atoms with Gasteiger partial charge >= 0.3 is 5.97 Å². The number of rotatable bonds is 19. The summed E-state index contributed by atoms with van der Waals surface area (Å²) in [5.74, 6) is 2.31. The van der Waals surface area contributed by atoms with Gasteiger partial charge in [0.15, 0.2) is 23.0 Å². The topological polar surface area (TPSA) is 129 Å². The molecule has 4 aromatic rings. The van der Waals surface area contributed by atoms with Crippen LogP contribution in [0.5, 0.6) is 23.0 Å². The van der Waals surface area contributed by atoms with Gasteiger partial charge in [-0.1, -0.05) is 106 Å². The number of hydrazone groups is 2. The fourth-order valence-electron chi connectivity index (χ4n) is 7.46. The summed E-state index contributed by atoms with van der Waals surface area (Å²) in [4.78, 5) is 36.8. The second-order valence-corrected chi connectivity index (χ2v) is 14.8. The van der Waals surface area contributed by atoms with Gasteiger partial charge in [-0.25, -0.2) is 10.0 Å². The van der Waals surface area contributed by atoms with Gasteiger partial charge in [0.05, 0.1) is 59.8 Å². The number of methoxy groups -OCH3 is 5. The summed E-state index contributed by atoms with van der Waals surface area (Å²) in [6.07, 6.45) is 10.9. The number of hydrogen-bond donors (Lipinski definition) is 0. The molecule has 0 N–H and O–H groups in total. The third-order valence-corrected chi connectivity index (χ3v) is 10.8. The molecular formula is C49H60N4O8. The molecule has 2 heterocycles. The molecule has 12 heteroatoms. The highest BCUT2D eigenvalue weighted by Crippen LogP contribution is 2.35. The first-order valence-electron chi connectivity index (χ1n) is 21.2. The average Bonchev–Trinajstić information content (AvgIpc) is 3.52. The molecule has 0 atom stereocenters. The minimum Gasteiger partial charge on any atom is -0.493 e. The van der Waals surface area contributed by atoms with Crippen molar-refractivity contribution in [2.45, 2.75) is 84.0 Å². The highest BCUT2D eigenvalue weighted by atomic mass is 16.5. The standard InChI is InChI=1S/C30H40N2O5.C19H20N2O3/c1-35-26-20-24-21-28(33)32(19-15-10-8-6-4-5-7-9-14-18-29(34)37-3)31-30(23-16-12-11-13-17-23)25(24)22-27(26)36-2;1-4-21-18(22)11-14-10-16(23-2)17(24-3)12-15(14)19(20-21)13-8-6-5-7-9-13/h11-13,16-17,20,22H,4-10,14-15,18-19,21H2,1-3H3;5-10,12H,4,11H2,1-3H3. The number of nitrogens with zero attached hydrogens (tertiary/aromatic N) is 4. The monoisotopic (exact) mass is 832 g/mol. The lowest BCUT2D eigenvalue weighted by Gasteiger charge is -2.16. The second kappa shape index (κ2) is 23.6. The zero-order valence-electron chi connectivity index (χ0n) is 36.5. The van der Waals surface area contributed by atoms with Gasteiger partial charge in [0.25, 0.3) is 0 Å². The van der Waals surface area contributed by atoms with E-state index in [-0.39, 0.29) is 30.6 Å². The quantitative estimate of drug-likeness (QED) is 0.0678. The maximum absolute atomic E-state index is 13.2. The van der Waals surface area contributed by atoms with E-state index in [1.165, 1.54) is 31.4 Å².